The average molecular weight is 997 g/mol. The number of ether oxygens (including phenoxy) is 2. The first-order valence-electron chi connectivity index (χ1n) is 22.9. The fourth-order valence-corrected chi connectivity index (χ4v) is 8.55. The second-order valence-corrected chi connectivity index (χ2v) is 18.1. The van der Waals surface area contributed by atoms with Gasteiger partial charge in [0.1, 0.15) is 38.1 Å². The van der Waals surface area contributed by atoms with E-state index in [0.717, 1.165) is 19.4 Å². The Morgan fingerprint density at radius 1 is 0.639 bits per heavy atom. The van der Waals surface area contributed by atoms with Crippen molar-refractivity contribution in [3.05, 3.63) is 154 Å². The van der Waals surface area contributed by atoms with Crippen molar-refractivity contribution < 1.29 is 57.7 Å². The molecule has 2 bridgehead atoms. The van der Waals surface area contributed by atoms with Crippen LogP contribution in [0, 0.1) is 0 Å². The molecule has 0 spiro atoms. The molecule has 3 heterocycles. The molecule has 2 aliphatic heterocycles. The first-order valence-corrected chi connectivity index (χ1v) is 23.8. The van der Waals surface area contributed by atoms with Crippen LogP contribution in [0.1, 0.15) is 47.4 Å². The Bertz CT molecular complexity index is 2710. The Kier molecular flexibility index (Phi) is 19.0. The number of aliphatic carboxylic acids is 1. The molecule has 0 fully saturated rings. The fourth-order valence-electron chi connectivity index (χ4n) is 7.80. The third-order valence-electron chi connectivity index (χ3n) is 11.4. The summed E-state index contributed by atoms with van der Waals surface area (Å²) < 4.78 is 10.6. The number of esters is 2. The van der Waals surface area contributed by atoms with E-state index in [2.05, 4.69) is 31.9 Å². The quantitative estimate of drug-likeness (QED) is 0.0477. The number of carbonyl (C=O) groups is 9. The molecule has 20 heteroatoms. The van der Waals surface area contributed by atoms with Crippen LogP contribution in [0.5, 0.6) is 0 Å². The van der Waals surface area contributed by atoms with Gasteiger partial charge in [-0.25, -0.2) is 4.79 Å². The number of rotatable bonds is 14. The lowest BCUT2D eigenvalue weighted by molar-refractivity contribution is -0.173. The van der Waals surface area contributed by atoms with E-state index in [-0.39, 0.29) is 44.2 Å². The van der Waals surface area contributed by atoms with Gasteiger partial charge in [-0.3, -0.25) is 38.4 Å². The zero-order valence-corrected chi connectivity index (χ0v) is 40.1. The monoisotopic (exact) mass is 996 g/mol. The van der Waals surface area contributed by atoms with Crippen LogP contribution in [-0.4, -0.2) is 109 Å². The SMILES string of the molecule is [B]c1ccc(C[C@H]2NC(=O)[C@H](Cc3cccs3)NC(=O)[C@H](OC(C)=O)[C@@H](OC(C)=O)C(=O)Nc3ccc(cc3)C[C@@H](C(=O)N[C@@H](Cc3ccccc3)C(=O)O)NC(=O)[C@H](CCc3ccccc3)NC2=O)cc1. The highest BCUT2D eigenvalue weighted by Crippen LogP contribution is 2.18. The van der Waals surface area contributed by atoms with Crippen molar-refractivity contribution in [1.29, 1.82) is 0 Å². The van der Waals surface area contributed by atoms with Crippen LogP contribution >= 0.6 is 11.3 Å². The van der Waals surface area contributed by atoms with E-state index in [1.54, 1.807) is 72.1 Å². The van der Waals surface area contributed by atoms with Crippen molar-refractivity contribution in [2.75, 3.05) is 5.32 Å². The number of carbonyl (C=O) groups excluding carboxylic acids is 8. The second-order valence-electron chi connectivity index (χ2n) is 17.0. The van der Waals surface area contributed by atoms with Gasteiger partial charge in [0.2, 0.25) is 35.8 Å². The molecule has 72 heavy (non-hydrogen) atoms. The molecule has 0 saturated carbocycles. The largest absolute Gasteiger partial charge is 0.480 e. The predicted molar refractivity (Wildman–Crippen MR) is 266 cm³/mol. The van der Waals surface area contributed by atoms with Crippen LogP contribution in [0.15, 0.2) is 127 Å². The Labute approximate surface area is 420 Å². The summed E-state index contributed by atoms with van der Waals surface area (Å²) in [7, 11) is 5.96. The third-order valence-corrected chi connectivity index (χ3v) is 12.3. The average Bonchev–Trinajstić information content (AvgIpc) is 3.87. The van der Waals surface area contributed by atoms with Crippen LogP contribution in [0.25, 0.3) is 0 Å². The zero-order chi connectivity index (χ0) is 51.7. The molecule has 6 amide bonds. The Morgan fingerprint density at radius 2 is 1.19 bits per heavy atom. The van der Waals surface area contributed by atoms with Gasteiger partial charge < -0.3 is 46.5 Å². The first kappa shape index (κ1) is 53.2. The fraction of sp³-hybridized carbons (Fsp3) is 0.288. The summed E-state index contributed by atoms with van der Waals surface area (Å²) in [6.45, 7) is 1.94. The number of aryl methyl sites for hydroxylation is 1. The van der Waals surface area contributed by atoms with Gasteiger partial charge in [0.25, 0.3) is 11.8 Å². The predicted octanol–water partition coefficient (Wildman–Crippen LogP) is 1.77. The summed E-state index contributed by atoms with van der Waals surface area (Å²) in [6, 6.07) is 26.3. The Balaban J connectivity index is 1.44. The molecule has 1 aromatic heterocycles. The minimum atomic E-state index is -2.13. The molecule has 372 valence electrons. The van der Waals surface area contributed by atoms with Crippen molar-refractivity contribution in [3.8, 4) is 0 Å². The van der Waals surface area contributed by atoms with Crippen molar-refractivity contribution >= 4 is 83.7 Å². The molecule has 2 aliphatic rings. The summed E-state index contributed by atoms with van der Waals surface area (Å²) in [5.41, 5.74) is 2.90. The third kappa shape index (κ3) is 16.0. The molecule has 7 atom stereocenters. The van der Waals surface area contributed by atoms with Crippen molar-refractivity contribution in [3.63, 3.8) is 0 Å². The highest BCUT2D eigenvalue weighted by Gasteiger charge is 2.42. The van der Waals surface area contributed by atoms with Crippen molar-refractivity contribution in [1.82, 2.24) is 26.6 Å². The number of anilines is 1. The molecule has 2 radical (unpaired) electrons. The van der Waals surface area contributed by atoms with Gasteiger partial charge in [-0.2, -0.15) is 0 Å². The highest BCUT2D eigenvalue weighted by molar-refractivity contribution is 7.09. The van der Waals surface area contributed by atoms with Gasteiger partial charge in [-0.1, -0.05) is 109 Å². The van der Waals surface area contributed by atoms with E-state index in [1.165, 1.54) is 35.6 Å². The summed E-state index contributed by atoms with van der Waals surface area (Å²) in [5, 5.41) is 27.9. The number of carboxylic acid groups (broad SMARTS) is 1. The number of amides is 6. The maximum absolute atomic E-state index is 14.7. The van der Waals surface area contributed by atoms with Gasteiger partial charge in [0.15, 0.2) is 0 Å². The lowest BCUT2D eigenvalue weighted by Crippen LogP contribution is -2.60. The number of hydrogen-bond donors (Lipinski definition) is 7. The molecule has 4 aromatic carbocycles. The van der Waals surface area contributed by atoms with E-state index in [1.807, 2.05) is 30.3 Å². The normalized spacial score (nSPS) is 20.4. The second kappa shape index (κ2) is 25.6. The van der Waals surface area contributed by atoms with Crippen LogP contribution in [0.2, 0.25) is 0 Å². The Morgan fingerprint density at radius 3 is 1.78 bits per heavy atom. The van der Waals surface area contributed by atoms with Gasteiger partial charge in [0.05, 0.1) is 0 Å². The topological polar surface area (TPSA) is 264 Å². The van der Waals surface area contributed by atoms with Gasteiger partial charge in [-0.15, -0.1) is 11.3 Å². The van der Waals surface area contributed by atoms with E-state index in [0.29, 0.717) is 27.0 Å². The summed E-state index contributed by atoms with van der Waals surface area (Å²) in [6.07, 6.45) is -4.59. The van der Waals surface area contributed by atoms with Crippen LogP contribution in [0.3, 0.4) is 0 Å². The van der Waals surface area contributed by atoms with Crippen LogP contribution in [0.4, 0.5) is 5.69 Å². The van der Waals surface area contributed by atoms with Crippen molar-refractivity contribution in [2.24, 2.45) is 0 Å². The van der Waals surface area contributed by atoms with E-state index >= 15 is 0 Å². The molecule has 18 nitrogen and oxygen atoms in total. The maximum Gasteiger partial charge on any atom is 0.326 e. The van der Waals surface area contributed by atoms with Crippen molar-refractivity contribution in [2.45, 2.75) is 94.8 Å². The molecule has 0 saturated heterocycles. The van der Waals surface area contributed by atoms with Gasteiger partial charge in [-0.05, 0) is 58.7 Å². The lowest BCUT2D eigenvalue weighted by Gasteiger charge is -2.28. The standard InChI is InChI=1S/C52H53BN6O12S/c1-30(60)70-44-45(71-31(2)61)51(67)58-42(29-38-14-9-25-72-38)49(65)57-40(26-34-15-20-36(53)21-16-34)47(63)55-39(24-19-32-10-5-3-6-11-32)46(62)56-41(27-35-17-22-37(23-18-35)54-50(44)66)48(64)59-43(52(68)69)28-33-12-7-4-8-13-33/h3-18,20-23,25,39-45H,19,24,26-29H2,1-2H3,(H,54,66)(H,55,63)(H,56,62)(H,57,65)(H,58,67)(H,59,64)(H,68,69)/t39-,40+,41-,42-,43-,44+,45+/m0/s1. The van der Waals surface area contributed by atoms with Crippen LogP contribution < -0.4 is 37.4 Å². The molecule has 0 aliphatic carbocycles. The summed E-state index contributed by atoms with van der Waals surface area (Å²) >= 11 is 1.25. The number of fused-ring (bicyclic) bond motifs is 18. The lowest BCUT2D eigenvalue weighted by atomic mass is 9.93. The molecule has 7 N–H and O–H groups in total. The molecule has 5 aromatic rings. The number of carboxylic acids is 1. The first-order chi connectivity index (χ1) is 34.5. The van der Waals surface area contributed by atoms with Gasteiger partial charge >= 0.3 is 17.9 Å². The number of thiophene rings is 1. The summed E-state index contributed by atoms with van der Waals surface area (Å²) in [4.78, 5) is 125. The number of benzene rings is 4. The molecular weight excluding hydrogens is 943 g/mol. The minimum Gasteiger partial charge on any atom is -0.480 e. The molecular formula is C52H53BN6O12S. The highest BCUT2D eigenvalue weighted by atomic mass is 32.1. The van der Waals surface area contributed by atoms with E-state index in [9.17, 15) is 48.3 Å². The summed E-state index contributed by atoms with van der Waals surface area (Å²) in [5.74, 6) is -9.10. The smallest absolute Gasteiger partial charge is 0.326 e. The van der Waals surface area contributed by atoms with Crippen LogP contribution in [-0.2, 0) is 84.7 Å². The zero-order valence-electron chi connectivity index (χ0n) is 39.3. The van der Waals surface area contributed by atoms with E-state index < -0.39 is 95.8 Å². The number of hydrogen-bond acceptors (Lipinski definition) is 12. The molecule has 0 unspecified atom stereocenters. The maximum atomic E-state index is 14.7. The minimum absolute atomic E-state index is 0.00326. The molecule has 7 rings (SSSR count). The van der Waals surface area contributed by atoms with Gasteiger partial charge in [0, 0.05) is 50.1 Å². The van der Waals surface area contributed by atoms with E-state index in [4.69, 9.17) is 17.3 Å². The number of nitrogens with one attached hydrogen (secondary N) is 6. The Hall–Kier alpha value is -8.13.